The van der Waals surface area contributed by atoms with Gasteiger partial charge in [-0.25, -0.2) is 4.39 Å². The van der Waals surface area contributed by atoms with Crippen molar-refractivity contribution in [2.24, 2.45) is 17.1 Å². The molecule has 1 aromatic carbocycles. The molecule has 2 unspecified atom stereocenters. The fraction of sp³-hybridized carbons (Fsp3) is 0.500. The topological polar surface area (TPSA) is 26.0 Å². The second-order valence-electron chi connectivity index (χ2n) is 5.09. The number of halogens is 3. The van der Waals surface area contributed by atoms with Gasteiger partial charge in [0.05, 0.1) is 5.02 Å². The minimum absolute atomic E-state index is 0.117. The smallest absolute Gasteiger partial charge is 0.147 e. The molecular formula is C12H14BrClFN. The predicted octanol–water partition coefficient (Wildman–Crippen LogP) is 4.29. The summed E-state index contributed by atoms with van der Waals surface area (Å²) in [6.45, 7) is 4.30. The third-order valence-corrected chi connectivity index (χ3v) is 4.71. The van der Waals surface area contributed by atoms with Crippen LogP contribution in [0.3, 0.4) is 0 Å². The Labute approximate surface area is 108 Å². The molecule has 0 aromatic heterocycles. The van der Waals surface area contributed by atoms with Gasteiger partial charge in [0, 0.05) is 16.1 Å². The Morgan fingerprint density at radius 2 is 2.12 bits per heavy atom. The summed E-state index contributed by atoms with van der Waals surface area (Å²) in [5.41, 5.74) is 6.83. The first-order chi connectivity index (χ1) is 7.34. The fourth-order valence-electron chi connectivity index (χ4n) is 2.14. The number of rotatable bonds is 2. The monoisotopic (exact) mass is 305 g/mol. The maximum atomic E-state index is 13.9. The van der Waals surface area contributed by atoms with E-state index >= 15 is 0 Å². The molecule has 0 spiro atoms. The average molecular weight is 307 g/mol. The lowest BCUT2D eigenvalue weighted by Crippen LogP contribution is -2.17. The van der Waals surface area contributed by atoms with Crippen LogP contribution in [0, 0.1) is 17.2 Å². The molecule has 0 radical (unpaired) electrons. The van der Waals surface area contributed by atoms with E-state index < -0.39 is 5.82 Å². The Kier molecular flexibility index (Phi) is 3.06. The second-order valence-corrected chi connectivity index (χ2v) is 6.32. The summed E-state index contributed by atoms with van der Waals surface area (Å²) in [6.07, 6.45) is 1.04. The highest BCUT2D eigenvalue weighted by atomic mass is 79.9. The first-order valence-corrected chi connectivity index (χ1v) is 6.40. The Balaban J connectivity index is 2.32. The molecule has 0 saturated heterocycles. The van der Waals surface area contributed by atoms with Crippen LogP contribution in [0.1, 0.15) is 31.9 Å². The van der Waals surface area contributed by atoms with Crippen molar-refractivity contribution in [2.45, 2.75) is 26.3 Å². The molecule has 0 bridgehead atoms. The van der Waals surface area contributed by atoms with Gasteiger partial charge in [-0.1, -0.05) is 31.5 Å². The first-order valence-electron chi connectivity index (χ1n) is 5.23. The highest BCUT2D eigenvalue weighted by Crippen LogP contribution is 2.57. The number of benzene rings is 1. The van der Waals surface area contributed by atoms with Crippen molar-refractivity contribution in [3.63, 3.8) is 0 Å². The van der Waals surface area contributed by atoms with Gasteiger partial charge in [0.2, 0.25) is 0 Å². The van der Waals surface area contributed by atoms with E-state index in [-0.39, 0.29) is 16.5 Å². The van der Waals surface area contributed by atoms with Gasteiger partial charge in [-0.2, -0.15) is 0 Å². The molecule has 1 saturated carbocycles. The molecule has 1 aliphatic rings. The van der Waals surface area contributed by atoms with Crippen LogP contribution in [0.25, 0.3) is 0 Å². The standard InChI is InChI=1S/C12H14BrClFN/c1-12(2)5-7(12)11(16)6-3-4-8(13)9(14)10(6)15/h3-4,7,11H,5,16H2,1-2H3. The third kappa shape index (κ3) is 2.01. The van der Waals surface area contributed by atoms with Crippen molar-refractivity contribution in [3.8, 4) is 0 Å². The molecular weight excluding hydrogens is 292 g/mol. The van der Waals surface area contributed by atoms with E-state index in [0.29, 0.717) is 16.0 Å². The zero-order valence-corrected chi connectivity index (χ0v) is 11.6. The van der Waals surface area contributed by atoms with E-state index in [1.54, 1.807) is 12.1 Å². The van der Waals surface area contributed by atoms with Crippen LogP contribution in [-0.2, 0) is 0 Å². The quantitative estimate of drug-likeness (QED) is 0.811. The van der Waals surface area contributed by atoms with Crippen LogP contribution in [0.15, 0.2) is 16.6 Å². The zero-order valence-electron chi connectivity index (χ0n) is 9.23. The van der Waals surface area contributed by atoms with Crippen molar-refractivity contribution >= 4 is 27.5 Å². The van der Waals surface area contributed by atoms with E-state index in [1.807, 2.05) is 0 Å². The molecule has 2 rings (SSSR count). The lowest BCUT2D eigenvalue weighted by molar-refractivity contribution is 0.473. The average Bonchev–Trinajstić information content (AvgIpc) is 2.84. The summed E-state index contributed by atoms with van der Waals surface area (Å²) in [5.74, 6) is -0.0505. The van der Waals surface area contributed by atoms with Gasteiger partial charge >= 0.3 is 0 Å². The second kappa shape index (κ2) is 3.97. The van der Waals surface area contributed by atoms with Crippen LogP contribution in [0.5, 0.6) is 0 Å². The van der Waals surface area contributed by atoms with Crippen molar-refractivity contribution in [2.75, 3.05) is 0 Å². The van der Waals surface area contributed by atoms with E-state index in [4.69, 9.17) is 17.3 Å². The largest absolute Gasteiger partial charge is 0.324 e. The highest BCUT2D eigenvalue weighted by Gasteiger charge is 2.49. The molecule has 2 N–H and O–H groups in total. The molecule has 1 fully saturated rings. The molecule has 88 valence electrons. The highest BCUT2D eigenvalue weighted by molar-refractivity contribution is 9.10. The van der Waals surface area contributed by atoms with Gasteiger partial charge in [0.1, 0.15) is 5.82 Å². The van der Waals surface area contributed by atoms with Crippen LogP contribution in [0.4, 0.5) is 4.39 Å². The van der Waals surface area contributed by atoms with Crippen LogP contribution >= 0.6 is 27.5 Å². The summed E-state index contributed by atoms with van der Waals surface area (Å²) in [7, 11) is 0. The molecule has 1 aromatic rings. The lowest BCUT2D eigenvalue weighted by Gasteiger charge is -2.15. The summed E-state index contributed by atoms with van der Waals surface area (Å²) in [6, 6.07) is 3.20. The van der Waals surface area contributed by atoms with E-state index in [2.05, 4.69) is 29.8 Å². The first kappa shape index (κ1) is 12.3. The molecule has 0 heterocycles. The molecule has 0 amide bonds. The molecule has 2 atom stereocenters. The van der Waals surface area contributed by atoms with E-state index in [9.17, 15) is 4.39 Å². The van der Waals surface area contributed by atoms with Gasteiger partial charge in [0.25, 0.3) is 0 Å². The Hall–Kier alpha value is -0.120. The predicted molar refractivity (Wildman–Crippen MR) is 67.9 cm³/mol. The lowest BCUT2D eigenvalue weighted by atomic mass is 9.97. The zero-order chi connectivity index (χ0) is 12.1. The summed E-state index contributed by atoms with van der Waals surface area (Å²) < 4.78 is 14.5. The van der Waals surface area contributed by atoms with Crippen molar-refractivity contribution in [1.29, 1.82) is 0 Å². The maximum absolute atomic E-state index is 13.9. The normalized spacial score (nSPS) is 24.2. The minimum atomic E-state index is -0.397. The van der Waals surface area contributed by atoms with Crippen molar-refractivity contribution < 1.29 is 4.39 Å². The Morgan fingerprint density at radius 1 is 1.56 bits per heavy atom. The van der Waals surface area contributed by atoms with Gasteiger partial charge in [0.15, 0.2) is 0 Å². The maximum Gasteiger partial charge on any atom is 0.147 e. The van der Waals surface area contributed by atoms with Gasteiger partial charge < -0.3 is 5.73 Å². The number of hydrogen-bond donors (Lipinski definition) is 1. The van der Waals surface area contributed by atoms with Gasteiger partial charge in [-0.3, -0.25) is 0 Å². The number of hydrogen-bond acceptors (Lipinski definition) is 1. The van der Waals surface area contributed by atoms with Crippen molar-refractivity contribution in [1.82, 2.24) is 0 Å². The third-order valence-electron chi connectivity index (χ3n) is 3.45. The Morgan fingerprint density at radius 3 is 2.62 bits per heavy atom. The van der Waals surface area contributed by atoms with E-state index in [0.717, 1.165) is 6.42 Å². The fourth-order valence-corrected chi connectivity index (χ4v) is 2.61. The van der Waals surface area contributed by atoms with Crippen LogP contribution in [0.2, 0.25) is 5.02 Å². The summed E-state index contributed by atoms with van der Waals surface area (Å²) in [5, 5.41) is 0.117. The molecule has 4 heteroatoms. The van der Waals surface area contributed by atoms with Crippen molar-refractivity contribution in [3.05, 3.63) is 33.0 Å². The molecule has 1 aliphatic carbocycles. The van der Waals surface area contributed by atoms with Crippen LogP contribution < -0.4 is 5.73 Å². The summed E-state index contributed by atoms with van der Waals surface area (Å²) >= 11 is 9.04. The van der Waals surface area contributed by atoms with E-state index in [1.165, 1.54) is 0 Å². The molecule has 0 aliphatic heterocycles. The number of nitrogens with two attached hydrogens (primary N) is 1. The molecule has 1 nitrogen and oxygen atoms in total. The van der Waals surface area contributed by atoms with Gasteiger partial charge in [-0.15, -0.1) is 0 Å². The minimum Gasteiger partial charge on any atom is -0.324 e. The van der Waals surface area contributed by atoms with Gasteiger partial charge in [-0.05, 0) is 39.8 Å². The van der Waals surface area contributed by atoms with Crippen LogP contribution in [-0.4, -0.2) is 0 Å². The molecule has 16 heavy (non-hydrogen) atoms. The SMILES string of the molecule is CC1(C)CC1C(N)c1ccc(Br)c(Cl)c1F. The Bertz CT molecular complexity index is 433. The summed E-state index contributed by atoms with van der Waals surface area (Å²) in [4.78, 5) is 0.